The van der Waals surface area contributed by atoms with Crippen molar-refractivity contribution < 1.29 is 9.59 Å². The topological polar surface area (TPSA) is 58.2 Å². The zero-order valence-electron chi connectivity index (χ0n) is 8.54. The number of hydrogen-bond acceptors (Lipinski definition) is 2. The monoisotopic (exact) mass is 205 g/mol. The lowest BCUT2D eigenvalue weighted by atomic mass is 10.2. The number of carbonyl (C=O) groups excluding carboxylic acids is 2. The highest BCUT2D eigenvalue weighted by atomic mass is 16.2. The lowest BCUT2D eigenvalue weighted by Crippen LogP contribution is -2.22. The van der Waals surface area contributed by atoms with Gasteiger partial charge in [0, 0.05) is 24.7 Å². The summed E-state index contributed by atoms with van der Waals surface area (Å²) < 4.78 is 0. The molecule has 0 saturated carbocycles. The van der Waals surface area contributed by atoms with Gasteiger partial charge in [-0.05, 0) is 31.2 Å². The molecule has 0 saturated heterocycles. The van der Waals surface area contributed by atoms with Crippen molar-refractivity contribution in [3.63, 3.8) is 0 Å². The maximum Gasteiger partial charge on any atom is 0.251 e. The van der Waals surface area contributed by atoms with Gasteiger partial charge in [-0.15, -0.1) is 0 Å². The van der Waals surface area contributed by atoms with Gasteiger partial charge in [0.1, 0.15) is 0 Å². The van der Waals surface area contributed by atoms with E-state index < -0.39 is 0 Å². The smallest absolute Gasteiger partial charge is 0.251 e. The summed E-state index contributed by atoms with van der Waals surface area (Å²) in [6.07, 6.45) is 0. The molecule has 0 unspecified atom stereocenters. The maximum atomic E-state index is 11.3. The van der Waals surface area contributed by atoms with Crippen LogP contribution in [0.5, 0.6) is 0 Å². The molecule has 0 aliphatic carbocycles. The Labute approximate surface area is 88.7 Å². The molecule has 2 amide bonds. The van der Waals surface area contributed by atoms with Crippen LogP contribution in [0.4, 0.5) is 5.69 Å². The van der Waals surface area contributed by atoms with E-state index in [1.54, 1.807) is 24.3 Å². The summed E-state index contributed by atoms with van der Waals surface area (Å²) in [5, 5.41) is 5.20. The quantitative estimate of drug-likeness (QED) is 0.779. The molecule has 1 rings (SSSR count). The molecule has 0 bridgehead atoms. The van der Waals surface area contributed by atoms with Crippen LogP contribution in [0.15, 0.2) is 24.3 Å². The van der Waals surface area contributed by atoms with Crippen LogP contribution in [0.2, 0.25) is 0 Å². The Bertz CT molecular complexity index is 357. The molecule has 0 aliphatic heterocycles. The summed E-state index contributed by atoms with van der Waals surface area (Å²) in [6, 6.07) is 6.66. The molecule has 4 nitrogen and oxygen atoms in total. The van der Waals surface area contributed by atoms with Crippen LogP contribution in [-0.4, -0.2) is 18.4 Å². The molecule has 1 aromatic rings. The van der Waals surface area contributed by atoms with Crippen molar-refractivity contribution in [2.24, 2.45) is 0 Å². The summed E-state index contributed by atoms with van der Waals surface area (Å²) in [4.78, 5) is 22.1. The molecule has 0 fully saturated rings. The number of benzene rings is 1. The first-order valence-corrected chi connectivity index (χ1v) is 4.58. The summed E-state index contributed by atoms with van der Waals surface area (Å²) >= 11 is 0. The van der Waals surface area contributed by atoms with Crippen molar-refractivity contribution in [3.8, 4) is 0 Å². The molecule has 0 atom stereocenters. The average molecular weight is 205 g/mol. The second kappa shape index (κ2) is 5.14. The summed E-state index contributed by atoms with van der Waals surface area (Å²) in [5.74, 6) is -0.302. The minimum atomic E-state index is -0.167. The Morgan fingerprint density at radius 1 is 1.27 bits per heavy atom. The normalized spacial score (nSPS) is 9.47. The molecule has 1 aromatic carbocycles. The summed E-state index contributed by atoms with van der Waals surface area (Å²) in [5.41, 5.74) is 1.22. The molecular weight excluding hydrogens is 192 g/mol. The fourth-order valence-electron chi connectivity index (χ4n) is 1.12. The molecule has 0 aromatic heterocycles. The Hall–Kier alpha value is -1.84. The van der Waals surface area contributed by atoms with Gasteiger partial charge in [0.15, 0.2) is 0 Å². The van der Waals surface area contributed by atoms with Crippen LogP contribution >= 0.6 is 0 Å². The van der Waals surface area contributed by atoms with E-state index in [4.69, 9.17) is 0 Å². The van der Waals surface area contributed by atoms with Crippen LogP contribution in [0.3, 0.4) is 0 Å². The number of carbonyl (C=O) groups is 2. The van der Waals surface area contributed by atoms with E-state index in [0.717, 1.165) is 0 Å². The van der Waals surface area contributed by atoms with E-state index in [0.29, 0.717) is 17.8 Å². The van der Waals surface area contributed by atoms with Crippen molar-refractivity contribution in [2.75, 3.05) is 11.9 Å². The van der Waals surface area contributed by atoms with Crippen LogP contribution in [-0.2, 0) is 4.79 Å². The fourth-order valence-corrected chi connectivity index (χ4v) is 1.12. The van der Waals surface area contributed by atoms with Gasteiger partial charge in [-0.3, -0.25) is 9.59 Å². The first-order chi connectivity index (χ1) is 7.13. The molecule has 15 heavy (non-hydrogen) atoms. The van der Waals surface area contributed by atoms with Gasteiger partial charge in [-0.25, -0.2) is 0 Å². The first-order valence-electron chi connectivity index (χ1n) is 4.58. The van der Waals surface area contributed by atoms with Crippen molar-refractivity contribution in [1.29, 1.82) is 0 Å². The Morgan fingerprint density at radius 3 is 2.33 bits per heavy atom. The third kappa shape index (κ3) is 3.42. The van der Waals surface area contributed by atoms with Crippen molar-refractivity contribution in [1.82, 2.24) is 5.32 Å². The second-order valence-electron chi connectivity index (χ2n) is 3.01. The van der Waals surface area contributed by atoms with Gasteiger partial charge in [0.25, 0.3) is 5.91 Å². The predicted molar refractivity (Wildman–Crippen MR) is 58.4 cm³/mol. The lowest BCUT2D eigenvalue weighted by molar-refractivity contribution is -0.114. The molecule has 1 radical (unpaired) electrons. The highest BCUT2D eigenvalue weighted by Crippen LogP contribution is 2.09. The van der Waals surface area contributed by atoms with Crippen LogP contribution in [0, 0.1) is 6.92 Å². The van der Waals surface area contributed by atoms with Crippen molar-refractivity contribution >= 4 is 17.5 Å². The van der Waals surface area contributed by atoms with Crippen LogP contribution in [0.1, 0.15) is 17.3 Å². The van der Waals surface area contributed by atoms with E-state index in [2.05, 4.69) is 17.6 Å². The highest BCUT2D eigenvalue weighted by Gasteiger charge is 2.03. The summed E-state index contributed by atoms with van der Waals surface area (Å²) in [7, 11) is 0. The van der Waals surface area contributed by atoms with Crippen molar-refractivity contribution in [3.05, 3.63) is 36.8 Å². The Balaban J connectivity index is 2.71. The predicted octanol–water partition coefficient (Wildman–Crippen LogP) is 1.21. The average Bonchev–Trinajstić information content (AvgIpc) is 2.18. The first kappa shape index (κ1) is 11.2. The Morgan fingerprint density at radius 2 is 1.87 bits per heavy atom. The molecule has 0 spiro atoms. The molecule has 79 valence electrons. The molecular formula is C11H13N2O2. The van der Waals surface area contributed by atoms with E-state index in [-0.39, 0.29) is 11.8 Å². The summed E-state index contributed by atoms with van der Waals surface area (Å²) in [6.45, 7) is 5.31. The van der Waals surface area contributed by atoms with E-state index in [1.807, 2.05) is 0 Å². The van der Waals surface area contributed by atoms with E-state index in [9.17, 15) is 9.59 Å². The largest absolute Gasteiger partial charge is 0.352 e. The third-order valence-corrected chi connectivity index (χ3v) is 1.75. The zero-order valence-corrected chi connectivity index (χ0v) is 8.54. The number of rotatable bonds is 3. The third-order valence-electron chi connectivity index (χ3n) is 1.75. The van der Waals surface area contributed by atoms with Gasteiger partial charge in [0.2, 0.25) is 5.91 Å². The number of nitrogens with one attached hydrogen (secondary N) is 2. The van der Waals surface area contributed by atoms with Crippen molar-refractivity contribution in [2.45, 2.75) is 6.92 Å². The van der Waals surface area contributed by atoms with Crippen LogP contribution < -0.4 is 10.6 Å². The minimum Gasteiger partial charge on any atom is -0.352 e. The number of amides is 2. The zero-order chi connectivity index (χ0) is 11.3. The van der Waals surface area contributed by atoms with Gasteiger partial charge >= 0.3 is 0 Å². The molecule has 0 heterocycles. The van der Waals surface area contributed by atoms with Gasteiger partial charge in [-0.2, -0.15) is 0 Å². The molecule has 0 aliphatic rings. The minimum absolute atomic E-state index is 0.134. The number of hydrogen-bond donors (Lipinski definition) is 2. The van der Waals surface area contributed by atoms with E-state index in [1.165, 1.54) is 6.92 Å². The van der Waals surface area contributed by atoms with Gasteiger partial charge < -0.3 is 10.6 Å². The lowest BCUT2D eigenvalue weighted by Gasteiger charge is -2.04. The van der Waals surface area contributed by atoms with E-state index >= 15 is 0 Å². The van der Waals surface area contributed by atoms with Gasteiger partial charge in [0.05, 0.1) is 0 Å². The van der Waals surface area contributed by atoms with Gasteiger partial charge in [-0.1, -0.05) is 0 Å². The number of anilines is 1. The highest BCUT2D eigenvalue weighted by molar-refractivity contribution is 5.95. The maximum absolute atomic E-state index is 11.3. The second-order valence-corrected chi connectivity index (χ2v) is 3.01. The standard InChI is InChI=1S/C11H13N2O2/c1-3-12-11(15)9-4-6-10(7-5-9)13-8(2)14/h4-7H,1,3H2,2H3,(H,12,15)(H,13,14). The SMILES string of the molecule is [CH2]CNC(=O)c1ccc(NC(C)=O)cc1. The molecule has 2 N–H and O–H groups in total. The molecule has 4 heteroatoms. The fraction of sp³-hybridized carbons (Fsp3) is 0.182. The van der Waals surface area contributed by atoms with Crippen LogP contribution in [0.25, 0.3) is 0 Å². The Kier molecular flexibility index (Phi) is 3.85.